The van der Waals surface area contributed by atoms with E-state index in [-0.39, 0.29) is 0 Å². The fourth-order valence-electron chi connectivity index (χ4n) is 1.10. The molecule has 0 saturated heterocycles. The zero-order chi connectivity index (χ0) is 13.0. The van der Waals surface area contributed by atoms with Gasteiger partial charge in [-0.3, -0.25) is 10.1 Å². The van der Waals surface area contributed by atoms with Crippen molar-refractivity contribution >= 4 is 34.9 Å². The summed E-state index contributed by atoms with van der Waals surface area (Å²) in [4.78, 5) is 28.4. The Morgan fingerprint density at radius 3 is 2.76 bits per heavy atom. The van der Waals surface area contributed by atoms with Crippen LogP contribution in [0.15, 0.2) is 5.38 Å². The summed E-state index contributed by atoms with van der Waals surface area (Å²) in [5.74, 6) is -0.502. The number of imide groups is 1. The molecular weight excluding hydrogens is 262 g/mol. The first-order valence-corrected chi connectivity index (χ1v) is 6.32. The first-order valence-electron chi connectivity index (χ1n) is 5.01. The van der Waals surface area contributed by atoms with Crippen molar-refractivity contribution in [3.63, 3.8) is 0 Å². The number of rotatable bonds is 3. The van der Waals surface area contributed by atoms with Crippen molar-refractivity contribution in [3.8, 4) is 0 Å². The van der Waals surface area contributed by atoms with Gasteiger partial charge in [0.1, 0.15) is 5.38 Å². The quantitative estimate of drug-likeness (QED) is 0.855. The number of hydrogen-bond acceptors (Lipinski definition) is 4. The Hall–Kier alpha value is -1.14. The molecule has 0 aliphatic heterocycles. The minimum atomic E-state index is -0.728. The molecule has 94 valence electrons. The van der Waals surface area contributed by atoms with Gasteiger partial charge in [0.05, 0.1) is 17.2 Å². The lowest BCUT2D eigenvalue weighted by atomic mass is 10.4. The van der Waals surface area contributed by atoms with Gasteiger partial charge in [-0.15, -0.1) is 22.9 Å². The third kappa shape index (κ3) is 4.32. The molecule has 0 aromatic carbocycles. The van der Waals surface area contributed by atoms with Gasteiger partial charge in [0.25, 0.3) is 0 Å². The van der Waals surface area contributed by atoms with Crippen molar-refractivity contribution in [2.45, 2.75) is 25.8 Å². The molecule has 0 radical (unpaired) electrons. The lowest BCUT2D eigenvalue weighted by Crippen LogP contribution is -2.42. The van der Waals surface area contributed by atoms with Crippen LogP contribution in [0.25, 0.3) is 0 Å². The highest BCUT2D eigenvalue weighted by molar-refractivity contribution is 7.09. The number of thiazole rings is 1. The monoisotopic (exact) mass is 275 g/mol. The molecule has 1 N–H and O–H groups in total. The molecular formula is C10H14ClN3O2S. The number of hydrogen-bond donors (Lipinski definition) is 1. The molecule has 1 unspecified atom stereocenters. The Morgan fingerprint density at radius 1 is 1.65 bits per heavy atom. The van der Waals surface area contributed by atoms with E-state index in [0.29, 0.717) is 6.54 Å². The molecule has 3 amide bonds. The van der Waals surface area contributed by atoms with Gasteiger partial charge in [0.15, 0.2) is 0 Å². The Morgan fingerprint density at radius 2 is 2.29 bits per heavy atom. The van der Waals surface area contributed by atoms with Crippen LogP contribution < -0.4 is 5.32 Å². The van der Waals surface area contributed by atoms with Crippen molar-refractivity contribution in [1.29, 1.82) is 0 Å². The second kappa shape index (κ2) is 5.97. The summed E-state index contributed by atoms with van der Waals surface area (Å²) in [5.41, 5.74) is 0.802. The van der Waals surface area contributed by atoms with Gasteiger partial charge in [-0.05, 0) is 13.8 Å². The molecule has 0 aliphatic rings. The third-order valence-corrected chi connectivity index (χ3v) is 3.02. The summed E-state index contributed by atoms with van der Waals surface area (Å²) in [5, 5.41) is 4.29. The predicted molar refractivity (Wildman–Crippen MR) is 67.2 cm³/mol. The number of aromatic nitrogens is 1. The van der Waals surface area contributed by atoms with Crippen LogP contribution in [0.2, 0.25) is 0 Å². The number of alkyl halides is 1. The summed E-state index contributed by atoms with van der Waals surface area (Å²) < 4.78 is 0. The zero-order valence-corrected chi connectivity index (χ0v) is 11.4. The van der Waals surface area contributed by atoms with Crippen molar-refractivity contribution in [3.05, 3.63) is 16.1 Å². The predicted octanol–water partition coefficient (Wildman–Crippen LogP) is 1.75. The lowest BCUT2D eigenvalue weighted by Gasteiger charge is -2.16. The zero-order valence-electron chi connectivity index (χ0n) is 9.86. The highest BCUT2D eigenvalue weighted by Gasteiger charge is 2.16. The molecule has 1 atom stereocenters. The second-order valence-corrected chi connectivity index (χ2v) is 5.34. The van der Waals surface area contributed by atoms with E-state index in [0.717, 1.165) is 10.7 Å². The van der Waals surface area contributed by atoms with E-state index in [1.54, 1.807) is 7.05 Å². The van der Waals surface area contributed by atoms with Crippen LogP contribution in [-0.4, -0.2) is 34.2 Å². The summed E-state index contributed by atoms with van der Waals surface area (Å²) in [6, 6.07) is -0.479. The number of urea groups is 1. The van der Waals surface area contributed by atoms with Crippen LogP contribution in [0.3, 0.4) is 0 Å². The standard InChI is InChI=1S/C10H14ClN3O2S/c1-6(11)9(15)13-10(16)14(3)4-8-5-17-7(2)12-8/h5-6H,4H2,1-3H3,(H,13,15,16). The fraction of sp³-hybridized carbons (Fsp3) is 0.500. The van der Waals surface area contributed by atoms with Gasteiger partial charge in [0, 0.05) is 12.4 Å². The normalized spacial score (nSPS) is 12.0. The molecule has 1 heterocycles. The molecule has 7 heteroatoms. The molecule has 5 nitrogen and oxygen atoms in total. The third-order valence-electron chi connectivity index (χ3n) is 2.00. The second-order valence-electron chi connectivity index (χ2n) is 3.62. The summed E-state index contributed by atoms with van der Waals surface area (Å²) >= 11 is 7.07. The molecule has 1 aromatic heterocycles. The van der Waals surface area contributed by atoms with Crippen LogP contribution in [0, 0.1) is 6.92 Å². The first-order chi connectivity index (χ1) is 7.90. The molecule has 0 aliphatic carbocycles. The van der Waals surface area contributed by atoms with Gasteiger partial charge >= 0.3 is 6.03 Å². The van der Waals surface area contributed by atoms with E-state index in [9.17, 15) is 9.59 Å². The Kier molecular flexibility index (Phi) is 4.89. The van der Waals surface area contributed by atoms with Gasteiger partial charge in [-0.1, -0.05) is 0 Å². The summed E-state index contributed by atoms with van der Waals surface area (Å²) in [6.07, 6.45) is 0. The molecule has 0 spiro atoms. The Balaban J connectivity index is 2.50. The number of carbonyl (C=O) groups is 2. The van der Waals surface area contributed by atoms with E-state index in [1.807, 2.05) is 12.3 Å². The average molecular weight is 276 g/mol. The fourth-order valence-corrected chi connectivity index (χ4v) is 1.75. The number of halogens is 1. The van der Waals surface area contributed by atoms with E-state index >= 15 is 0 Å². The number of amides is 3. The van der Waals surface area contributed by atoms with Crippen LogP contribution in [-0.2, 0) is 11.3 Å². The lowest BCUT2D eigenvalue weighted by molar-refractivity contribution is -0.119. The summed E-state index contributed by atoms with van der Waals surface area (Å²) in [7, 11) is 1.59. The van der Waals surface area contributed by atoms with E-state index < -0.39 is 17.3 Å². The van der Waals surface area contributed by atoms with E-state index in [2.05, 4.69) is 10.3 Å². The number of nitrogens with zero attached hydrogens (tertiary/aromatic N) is 2. The average Bonchev–Trinajstić information content (AvgIpc) is 2.63. The van der Waals surface area contributed by atoms with Gasteiger partial charge in [-0.25, -0.2) is 9.78 Å². The SMILES string of the molecule is Cc1nc(CN(C)C(=O)NC(=O)C(C)Cl)cs1. The van der Waals surface area contributed by atoms with Gasteiger partial charge in [-0.2, -0.15) is 0 Å². The summed E-state index contributed by atoms with van der Waals surface area (Å²) in [6.45, 7) is 3.76. The van der Waals surface area contributed by atoms with Gasteiger partial charge in [0.2, 0.25) is 5.91 Å². The van der Waals surface area contributed by atoms with E-state index in [1.165, 1.54) is 23.2 Å². The number of nitrogens with one attached hydrogen (secondary N) is 1. The smallest absolute Gasteiger partial charge is 0.322 e. The van der Waals surface area contributed by atoms with Gasteiger partial charge < -0.3 is 4.90 Å². The van der Waals surface area contributed by atoms with Crippen molar-refractivity contribution in [2.75, 3.05) is 7.05 Å². The van der Waals surface area contributed by atoms with Crippen molar-refractivity contribution in [2.24, 2.45) is 0 Å². The van der Waals surface area contributed by atoms with E-state index in [4.69, 9.17) is 11.6 Å². The molecule has 0 saturated carbocycles. The molecule has 17 heavy (non-hydrogen) atoms. The maximum atomic E-state index is 11.6. The highest BCUT2D eigenvalue weighted by Crippen LogP contribution is 2.09. The minimum absolute atomic E-state index is 0.361. The molecule has 0 bridgehead atoms. The van der Waals surface area contributed by atoms with Crippen molar-refractivity contribution < 1.29 is 9.59 Å². The van der Waals surface area contributed by atoms with Crippen molar-refractivity contribution in [1.82, 2.24) is 15.2 Å². The minimum Gasteiger partial charge on any atom is -0.322 e. The highest BCUT2D eigenvalue weighted by atomic mass is 35.5. The van der Waals surface area contributed by atoms with Crippen LogP contribution in [0.4, 0.5) is 4.79 Å². The largest absolute Gasteiger partial charge is 0.324 e. The topological polar surface area (TPSA) is 62.3 Å². The molecule has 1 rings (SSSR count). The Labute approximate surface area is 109 Å². The molecule has 1 aromatic rings. The number of carbonyl (C=O) groups excluding carboxylic acids is 2. The maximum Gasteiger partial charge on any atom is 0.324 e. The first kappa shape index (κ1) is 13.9. The van der Waals surface area contributed by atoms with Crippen LogP contribution in [0.5, 0.6) is 0 Å². The Bertz CT molecular complexity index is 419. The molecule has 0 fully saturated rings. The van der Waals surface area contributed by atoms with Crippen LogP contribution in [0.1, 0.15) is 17.6 Å². The maximum absolute atomic E-state index is 11.6. The number of aryl methyl sites for hydroxylation is 1. The van der Waals surface area contributed by atoms with Crippen LogP contribution >= 0.6 is 22.9 Å².